The lowest BCUT2D eigenvalue weighted by atomic mass is 9.63. The van der Waals surface area contributed by atoms with E-state index < -0.39 is 34.6 Å². The number of hydrogen-bond acceptors (Lipinski definition) is 8. The van der Waals surface area contributed by atoms with E-state index in [1.54, 1.807) is 13.0 Å². The van der Waals surface area contributed by atoms with Crippen LogP contribution in [0.15, 0.2) is 35.5 Å². The van der Waals surface area contributed by atoms with Crippen molar-refractivity contribution in [3.63, 3.8) is 0 Å². The van der Waals surface area contributed by atoms with Crippen molar-refractivity contribution in [1.29, 1.82) is 0 Å². The number of allylic oxidation sites excluding steroid dienone is 1. The quantitative estimate of drug-likeness (QED) is 0.569. The van der Waals surface area contributed by atoms with Crippen molar-refractivity contribution in [1.82, 2.24) is 0 Å². The summed E-state index contributed by atoms with van der Waals surface area (Å²) in [7, 11) is 0. The number of esters is 1. The molecule has 6 atom stereocenters. The summed E-state index contributed by atoms with van der Waals surface area (Å²) in [5.74, 6) is -0.0315. The van der Waals surface area contributed by atoms with E-state index in [0.29, 0.717) is 43.3 Å². The van der Waals surface area contributed by atoms with Gasteiger partial charge in [-0.15, -0.1) is 0 Å². The van der Waals surface area contributed by atoms with Gasteiger partial charge in [-0.05, 0) is 62.8 Å². The fraction of sp³-hybridized carbons (Fsp3) is 0.607. The Morgan fingerprint density at radius 2 is 1.75 bits per heavy atom. The van der Waals surface area contributed by atoms with Gasteiger partial charge in [0.05, 0.1) is 24.8 Å². The number of oxime groups is 1. The van der Waals surface area contributed by atoms with Crippen molar-refractivity contribution in [3.8, 4) is 11.5 Å². The fourth-order valence-corrected chi connectivity index (χ4v) is 6.30. The number of nitrogens with zero attached hydrogens (tertiary/aromatic N) is 1. The summed E-state index contributed by atoms with van der Waals surface area (Å²) in [5, 5.41) is 16.0. The number of aliphatic hydroxyl groups is 1. The number of benzene rings is 1. The normalized spacial score (nSPS) is 36.7. The van der Waals surface area contributed by atoms with Crippen LogP contribution in [0.3, 0.4) is 0 Å². The smallest absolute Gasteiger partial charge is 0.354 e. The summed E-state index contributed by atoms with van der Waals surface area (Å²) in [6.45, 7) is 8.87. The maximum Gasteiger partial charge on any atom is 0.354 e. The Balaban J connectivity index is 1.47. The number of carbonyl (C=O) groups excluding carboxylic acids is 2. The van der Waals surface area contributed by atoms with Gasteiger partial charge in [-0.1, -0.05) is 25.9 Å². The third kappa shape index (κ3) is 3.48. The molecule has 2 heterocycles. The lowest BCUT2D eigenvalue weighted by Crippen LogP contribution is -2.57. The minimum absolute atomic E-state index is 0.181. The molecule has 36 heavy (non-hydrogen) atoms. The molecule has 0 amide bonds. The first-order chi connectivity index (χ1) is 17.2. The topological polar surface area (TPSA) is 104 Å². The second-order valence-corrected chi connectivity index (χ2v) is 10.7. The Labute approximate surface area is 211 Å². The van der Waals surface area contributed by atoms with Crippen molar-refractivity contribution >= 4 is 17.5 Å². The molecule has 4 aliphatic rings. The van der Waals surface area contributed by atoms with E-state index in [1.807, 2.05) is 39.0 Å². The van der Waals surface area contributed by atoms with Crippen molar-refractivity contribution < 1.29 is 33.7 Å². The molecule has 2 aliphatic carbocycles. The third-order valence-electron chi connectivity index (χ3n) is 8.52. The van der Waals surface area contributed by atoms with Gasteiger partial charge < -0.3 is 24.2 Å². The zero-order chi connectivity index (χ0) is 25.7. The van der Waals surface area contributed by atoms with Crippen LogP contribution in [-0.2, 0) is 19.2 Å². The van der Waals surface area contributed by atoms with E-state index >= 15 is 0 Å². The Hall–Kier alpha value is -2.87. The van der Waals surface area contributed by atoms with Gasteiger partial charge in [0.2, 0.25) is 5.60 Å². The first-order valence-electron chi connectivity index (χ1n) is 13.0. The summed E-state index contributed by atoms with van der Waals surface area (Å²) < 4.78 is 17.7. The van der Waals surface area contributed by atoms with Crippen LogP contribution >= 0.6 is 0 Å². The van der Waals surface area contributed by atoms with Crippen molar-refractivity contribution in [2.75, 3.05) is 13.2 Å². The predicted octanol–water partition coefficient (Wildman–Crippen LogP) is 3.98. The Morgan fingerprint density at radius 1 is 1.08 bits per heavy atom. The standard InChI is InChI=1S/C28H35NO7/c1-5-11-33-19-13-18(14-20(15-19)34-12-6-2)22-16-27(36-29-22)21-8-7-17(3)28(32)10-9-23(30)26(28,4)24(21)35-25(27)31/h9-10,13-15,17,21,24,32H,5-8,11-12,16H2,1-4H3/t17-,21?,24?,26-,27?,28+/m0/s1. The molecular weight excluding hydrogens is 462 g/mol. The lowest BCUT2D eigenvalue weighted by molar-refractivity contribution is -0.169. The SMILES string of the molecule is CCCOc1cc(OCCC)cc(C2=NOC3(C2)C(=O)OC2C3CC[C@H](C)[C@]3(O)C=CC(=O)[C@@]23C)c1. The number of hydrogen-bond donors (Lipinski definition) is 1. The molecule has 0 bridgehead atoms. The third-order valence-corrected chi connectivity index (χ3v) is 8.52. The number of ether oxygens (including phenoxy) is 3. The van der Waals surface area contributed by atoms with E-state index in [9.17, 15) is 14.7 Å². The molecule has 3 unspecified atom stereocenters. The minimum Gasteiger partial charge on any atom is -0.493 e. The van der Waals surface area contributed by atoms with Crippen LogP contribution in [0.1, 0.15) is 65.4 Å². The second kappa shape index (κ2) is 8.91. The molecule has 2 aliphatic heterocycles. The molecule has 1 saturated carbocycles. The van der Waals surface area contributed by atoms with Gasteiger partial charge in [-0.2, -0.15) is 0 Å². The molecule has 0 radical (unpaired) electrons. The molecule has 1 saturated heterocycles. The van der Waals surface area contributed by atoms with Gasteiger partial charge in [0.1, 0.15) is 28.6 Å². The minimum atomic E-state index is -1.38. The van der Waals surface area contributed by atoms with Crippen LogP contribution in [0.2, 0.25) is 0 Å². The molecule has 0 aromatic heterocycles. The molecule has 2 fully saturated rings. The second-order valence-electron chi connectivity index (χ2n) is 10.7. The van der Waals surface area contributed by atoms with Gasteiger partial charge in [0, 0.05) is 18.1 Å². The van der Waals surface area contributed by atoms with Crippen LogP contribution in [0.4, 0.5) is 0 Å². The monoisotopic (exact) mass is 497 g/mol. The van der Waals surface area contributed by atoms with Crippen LogP contribution in [0, 0.1) is 17.3 Å². The van der Waals surface area contributed by atoms with Crippen LogP contribution < -0.4 is 9.47 Å². The first kappa shape index (κ1) is 24.8. The summed E-state index contributed by atoms with van der Waals surface area (Å²) >= 11 is 0. The number of rotatable bonds is 7. The largest absolute Gasteiger partial charge is 0.493 e. The highest BCUT2D eigenvalue weighted by Gasteiger charge is 2.73. The maximum atomic E-state index is 13.4. The average molecular weight is 498 g/mol. The number of carbonyl (C=O) groups is 2. The van der Waals surface area contributed by atoms with Crippen LogP contribution in [-0.4, -0.2) is 53.1 Å². The van der Waals surface area contributed by atoms with Crippen molar-refractivity contribution in [2.24, 2.45) is 22.4 Å². The predicted molar refractivity (Wildman–Crippen MR) is 132 cm³/mol. The number of fused-ring (bicyclic) bond motifs is 4. The van der Waals surface area contributed by atoms with E-state index in [2.05, 4.69) is 5.16 Å². The first-order valence-corrected chi connectivity index (χ1v) is 13.0. The maximum absolute atomic E-state index is 13.4. The van der Waals surface area contributed by atoms with Gasteiger partial charge in [-0.3, -0.25) is 4.79 Å². The van der Waals surface area contributed by atoms with E-state index in [1.165, 1.54) is 6.08 Å². The molecule has 1 N–H and O–H groups in total. The Morgan fingerprint density at radius 3 is 2.39 bits per heavy atom. The lowest BCUT2D eigenvalue weighted by Gasteiger charge is -2.43. The van der Waals surface area contributed by atoms with Gasteiger partial charge in [0.25, 0.3) is 0 Å². The van der Waals surface area contributed by atoms with E-state index in [0.717, 1.165) is 18.4 Å². The van der Waals surface area contributed by atoms with Crippen LogP contribution in [0.5, 0.6) is 11.5 Å². The summed E-state index contributed by atoms with van der Waals surface area (Å²) in [6, 6.07) is 5.62. The molecule has 194 valence electrons. The van der Waals surface area contributed by atoms with Gasteiger partial charge in [-0.25, -0.2) is 4.79 Å². The summed E-state index contributed by atoms with van der Waals surface area (Å²) in [4.78, 5) is 32.5. The molecule has 1 spiro atoms. The highest BCUT2D eigenvalue weighted by molar-refractivity contribution is 6.06. The molecule has 5 rings (SSSR count). The molecule has 8 heteroatoms. The molecule has 8 nitrogen and oxygen atoms in total. The molecule has 1 aromatic carbocycles. The van der Waals surface area contributed by atoms with E-state index in [-0.39, 0.29) is 18.1 Å². The molecular formula is C28H35NO7. The number of ketones is 1. The Kier molecular flexibility index (Phi) is 6.14. The van der Waals surface area contributed by atoms with Gasteiger partial charge >= 0.3 is 5.97 Å². The Bertz CT molecular complexity index is 1100. The summed E-state index contributed by atoms with van der Waals surface area (Å²) in [6.07, 6.45) is 5.35. The van der Waals surface area contributed by atoms with E-state index in [4.69, 9.17) is 19.0 Å². The summed E-state index contributed by atoms with van der Waals surface area (Å²) in [5.41, 5.74) is -2.63. The zero-order valence-corrected chi connectivity index (χ0v) is 21.4. The van der Waals surface area contributed by atoms with Crippen molar-refractivity contribution in [2.45, 2.75) is 77.1 Å². The zero-order valence-electron chi connectivity index (χ0n) is 21.4. The highest BCUT2D eigenvalue weighted by atomic mass is 16.7. The van der Waals surface area contributed by atoms with Gasteiger partial charge in [0.15, 0.2) is 5.78 Å². The average Bonchev–Trinajstić information content (AvgIpc) is 3.49. The van der Waals surface area contributed by atoms with Crippen molar-refractivity contribution in [3.05, 3.63) is 35.9 Å². The highest BCUT2D eigenvalue weighted by Crippen LogP contribution is 2.59. The fourth-order valence-electron chi connectivity index (χ4n) is 6.30. The van der Waals surface area contributed by atoms with Crippen LogP contribution in [0.25, 0.3) is 0 Å². The molecule has 1 aromatic rings.